The standard InChI is InChI=1S/C35H56O9/c1-30(2)15-20-19-7-8-23-31(3)11-10-25(44-28-27(40)26(39)21(37)17-43-28)32(4,18-36)22(31)9-12-34(23,6)33(19,5)13-14-35(20,29(41)42)24(38)16-30/h7,20-28,36-40H,8-18H2,1-6H3,(H,41,42). The number of carboxylic acids is 1. The van der Waals surface area contributed by atoms with Gasteiger partial charge in [-0.05, 0) is 97.2 Å². The zero-order valence-corrected chi connectivity index (χ0v) is 27.5. The molecule has 6 rings (SSSR count). The van der Waals surface area contributed by atoms with Crippen LogP contribution in [0.3, 0.4) is 0 Å². The van der Waals surface area contributed by atoms with Crippen molar-refractivity contribution in [3.63, 3.8) is 0 Å². The van der Waals surface area contributed by atoms with E-state index in [1.807, 2.05) is 0 Å². The maximum absolute atomic E-state index is 13.0. The Kier molecular flexibility index (Phi) is 7.81. The van der Waals surface area contributed by atoms with Gasteiger partial charge in [0, 0.05) is 5.41 Å². The summed E-state index contributed by atoms with van der Waals surface area (Å²) in [6.45, 7) is 13.4. The van der Waals surface area contributed by atoms with Crippen molar-refractivity contribution in [1.29, 1.82) is 0 Å². The van der Waals surface area contributed by atoms with Gasteiger partial charge in [-0.25, -0.2) is 0 Å². The lowest BCUT2D eigenvalue weighted by Crippen LogP contribution is -2.67. The number of hydrogen-bond donors (Lipinski definition) is 6. The lowest BCUT2D eigenvalue weighted by atomic mass is 9.33. The van der Waals surface area contributed by atoms with Crippen LogP contribution < -0.4 is 0 Å². The fourth-order valence-corrected chi connectivity index (χ4v) is 12.1. The Hall–Kier alpha value is -1.07. The third kappa shape index (κ3) is 4.25. The summed E-state index contributed by atoms with van der Waals surface area (Å²) in [5.41, 5.74) is -1.01. The average molecular weight is 621 g/mol. The van der Waals surface area contributed by atoms with Gasteiger partial charge < -0.3 is 40.1 Å². The summed E-state index contributed by atoms with van der Waals surface area (Å²) in [5, 5.41) is 63.8. The van der Waals surface area contributed by atoms with Gasteiger partial charge in [-0.2, -0.15) is 0 Å². The highest BCUT2D eigenvalue weighted by Crippen LogP contribution is 2.76. The molecule has 5 fully saturated rings. The van der Waals surface area contributed by atoms with Crippen molar-refractivity contribution in [2.24, 2.45) is 50.2 Å². The molecule has 0 aromatic heterocycles. The number of hydrogen-bond acceptors (Lipinski definition) is 8. The minimum atomic E-state index is -1.38. The van der Waals surface area contributed by atoms with Crippen LogP contribution in [0.15, 0.2) is 11.6 Å². The SMILES string of the molecule is CC1(C)CC(O)C2(C(=O)O)CCC3(C)C(=CCC4C5(C)CCC(OC6OCC(O)C(O)C6O)C(C)(CO)C5CCC43C)C2C1. The van der Waals surface area contributed by atoms with E-state index in [-0.39, 0.29) is 52.8 Å². The second kappa shape index (κ2) is 10.5. The summed E-state index contributed by atoms with van der Waals surface area (Å²) in [7, 11) is 0. The second-order valence-corrected chi connectivity index (χ2v) is 17.4. The summed E-state index contributed by atoms with van der Waals surface area (Å²) in [4.78, 5) is 13.0. The third-order valence-electron chi connectivity index (χ3n) is 14.9. The Morgan fingerprint density at radius 3 is 2.30 bits per heavy atom. The molecule has 9 heteroatoms. The van der Waals surface area contributed by atoms with Crippen molar-refractivity contribution in [2.45, 2.75) is 136 Å². The number of carboxylic acid groups (broad SMARTS) is 1. The fourth-order valence-electron chi connectivity index (χ4n) is 12.1. The molecule has 0 aromatic rings. The lowest BCUT2D eigenvalue weighted by Gasteiger charge is -2.71. The molecule has 1 aliphatic heterocycles. The number of rotatable bonds is 4. The van der Waals surface area contributed by atoms with Gasteiger partial charge >= 0.3 is 5.97 Å². The lowest BCUT2D eigenvalue weighted by molar-refractivity contribution is -0.312. The highest BCUT2D eigenvalue weighted by atomic mass is 16.7. The molecule has 5 aliphatic carbocycles. The molecule has 0 spiro atoms. The molecule has 6 N–H and O–H groups in total. The molecular weight excluding hydrogens is 564 g/mol. The first-order valence-electron chi connectivity index (χ1n) is 17.0. The Bertz CT molecular complexity index is 1190. The van der Waals surface area contributed by atoms with E-state index in [0.29, 0.717) is 25.2 Å². The van der Waals surface area contributed by atoms with Crippen molar-refractivity contribution in [3.8, 4) is 0 Å². The molecule has 250 valence electrons. The van der Waals surface area contributed by atoms with Gasteiger partial charge in [0.15, 0.2) is 6.29 Å². The van der Waals surface area contributed by atoms with Gasteiger partial charge in [0.25, 0.3) is 0 Å². The van der Waals surface area contributed by atoms with Crippen LogP contribution in [0.25, 0.3) is 0 Å². The van der Waals surface area contributed by atoms with Crippen LogP contribution in [0.1, 0.15) is 99.3 Å². The number of carbonyl (C=O) groups is 1. The topological polar surface area (TPSA) is 157 Å². The third-order valence-corrected chi connectivity index (χ3v) is 14.9. The number of ether oxygens (including phenoxy) is 2. The Balaban J connectivity index is 1.33. The average Bonchev–Trinajstić information content (AvgIpc) is 2.94. The summed E-state index contributed by atoms with van der Waals surface area (Å²) in [6.07, 6.45) is 2.85. The summed E-state index contributed by atoms with van der Waals surface area (Å²) in [6, 6.07) is 0. The van der Waals surface area contributed by atoms with Gasteiger partial charge in [-0.3, -0.25) is 4.79 Å². The monoisotopic (exact) mass is 620 g/mol. The van der Waals surface area contributed by atoms with E-state index in [2.05, 4.69) is 47.6 Å². The van der Waals surface area contributed by atoms with Crippen molar-refractivity contribution in [2.75, 3.05) is 13.2 Å². The van der Waals surface area contributed by atoms with Crippen LogP contribution in [0.5, 0.6) is 0 Å². The first-order valence-corrected chi connectivity index (χ1v) is 17.0. The van der Waals surface area contributed by atoms with Crippen LogP contribution in [0, 0.1) is 50.2 Å². The van der Waals surface area contributed by atoms with Gasteiger partial charge in [-0.1, -0.05) is 53.2 Å². The Morgan fingerprint density at radius 2 is 1.64 bits per heavy atom. The zero-order valence-electron chi connectivity index (χ0n) is 27.5. The predicted molar refractivity (Wildman–Crippen MR) is 162 cm³/mol. The smallest absolute Gasteiger partial charge is 0.312 e. The van der Waals surface area contributed by atoms with Crippen molar-refractivity contribution in [1.82, 2.24) is 0 Å². The normalized spacial score (nSPS) is 55.1. The number of aliphatic hydroxyl groups is 5. The summed E-state index contributed by atoms with van der Waals surface area (Å²) in [5.74, 6) is -0.587. The van der Waals surface area contributed by atoms with Crippen LogP contribution in [-0.4, -0.2) is 86.6 Å². The predicted octanol–water partition coefficient (Wildman–Crippen LogP) is 3.64. The zero-order chi connectivity index (χ0) is 32.3. The highest BCUT2D eigenvalue weighted by molar-refractivity contribution is 5.77. The molecule has 0 radical (unpaired) electrons. The van der Waals surface area contributed by atoms with Crippen LogP contribution >= 0.6 is 0 Å². The molecule has 0 aromatic carbocycles. The van der Waals surface area contributed by atoms with Gasteiger partial charge in [0.05, 0.1) is 25.4 Å². The molecule has 1 saturated heterocycles. The van der Waals surface area contributed by atoms with Gasteiger partial charge in [-0.15, -0.1) is 0 Å². The number of aliphatic carboxylic acids is 1. The number of fused-ring (bicyclic) bond motifs is 7. The molecule has 44 heavy (non-hydrogen) atoms. The molecule has 1 heterocycles. The first kappa shape index (κ1) is 32.9. The highest BCUT2D eigenvalue weighted by Gasteiger charge is 2.71. The van der Waals surface area contributed by atoms with Crippen molar-refractivity contribution >= 4 is 5.97 Å². The first-order chi connectivity index (χ1) is 20.4. The molecule has 9 nitrogen and oxygen atoms in total. The minimum absolute atomic E-state index is 0.0769. The molecular formula is C35H56O9. The molecule has 0 bridgehead atoms. The largest absolute Gasteiger partial charge is 0.481 e. The van der Waals surface area contributed by atoms with E-state index in [1.54, 1.807) is 0 Å². The van der Waals surface area contributed by atoms with E-state index in [0.717, 1.165) is 38.5 Å². The van der Waals surface area contributed by atoms with Gasteiger partial charge in [0.2, 0.25) is 0 Å². The maximum atomic E-state index is 13.0. The van der Waals surface area contributed by atoms with E-state index in [9.17, 15) is 35.4 Å². The van der Waals surface area contributed by atoms with Crippen LogP contribution in [0.4, 0.5) is 0 Å². The summed E-state index contributed by atoms with van der Waals surface area (Å²) < 4.78 is 12.0. The van der Waals surface area contributed by atoms with Crippen LogP contribution in [0.2, 0.25) is 0 Å². The van der Waals surface area contributed by atoms with Gasteiger partial charge in [0.1, 0.15) is 23.7 Å². The molecule has 6 aliphatic rings. The fraction of sp³-hybridized carbons (Fsp3) is 0.914. The Morgan fingerprint density at radius 1 is 0.932 bits per heavy atom. The molecule has 0 amide bonds. The van der Waals surface area contributed by atoms with E-state index >= 15 is 0 Å². The number of allylic oxidation sites excluding steroid dienone is 2. The second-order valence-electron chi connectivity index (χ2n) is 17.4. The van der Waals surface area contributed by atoms with Crippen LogP contribution in [-0.2, 0) is 14.3 Å². The maximum Gasteiger partial charge on any atom is 0.312 e. The van der Waals surface area contributed by atoms with E-state index < -0.39 is 47.5 Å². The number of aliphatic hydroxyl groups excluding tert-OH is 5. The Labute approximate surface area is 262 Å². The molecule has 14 unspecified atom stereocenters. The summed E-state index contributed by atoms with van der Waals surface area (Å²) >= 11 is 0. The van der Waals surface area contributed by atoms with E-state index in [1.165, 1.54) is 5.57 Å². The van der Waals surface area contributed by atoms with E-state index in [4.69, 9.17) is 9.47 Å². The minimum Gasteiger partial charge on any atom is -0.481 e. The molecule has 14 atom stereocenters. The quantitative estimate of drug-likeness (QED) is 0.204. The van der Waals surface area contributed by atoms with Crippen molar-refractivity contribution < 1.29 is 44.9 Å². The molecule has 4 saturated carbocycles. The van der Waals surface area contributed by atoms with Crippen molar-refractivity contribution in [3.05, 3.63) is 11.6 Å².